The smallest absolute Gasteiger partial charge is 0.326 e. The fourth-order valence-corrected chi connectivity index (χ4v) is 2.58. The molecule has 0 aromatic carbocycles. The molecule has 0 heterocycles. The van der Waals surface area contributed by atoms with Crippen LogP contribution in [0.3, 0.4) is 0 Å². The van der Waals surface area contributed by atoms with E-state index in [-0.39, 0.29) is 5.97 Å². The Kier molecular flexibility index (Phi) is 5.92. The van der Waals surface area contributed by atoms with E-state index >= 15 is 0 Å². The van der Waals surface area contributed by atoms with E-state index in [4.69, 9.17) is 9.47 Å². The lowest BCUT2D eigenvalue weighted by atomic mass is 9.95. The van der Waals surface area contributed by atoms with E-state index < -0.39 is 5.54 Å². The minimum atomic E-state index is -0.463. The van der Waals surface area contributed by atoms with Crippen LogP contribution in [0.25, 0.3) is 0 Å². The van der Waals surface area contributed by atoms with Gasteiger partial charge in [-0.3, -0.25) is 10.1 Å². The van der Waals surface area contributed by atoms with Crippen molar-refractivity contribution in [2.75, 3.05) is 26.9 Å². The van der Waals surface area contributed by atoms with Crippen molar-refractivity contribution in [1.82, 2.24) is 5.32 Å². The molecule has 4 heteroatoms. The van der Waals surface area contributed by atoms with Gasteiger partial charge in [0.05, 0.1) is 13.2 Å². The summed E-state index contributed by atoms with van der Waals surface area (Å²) >= 11 is 0. The highest BCUT2D eigenvalue weighted by Gasteiger charge is 2.45. The zero-order valence-electron chi connectivity index (χ0n) is 11.3. The number of ether oxygens (including phenoxy) is 2. The molecule has 1 aliphatic carbocycles. The van der Waals surface area contributed by atoms with Crippen molar-refractivity contribution in [3.8, 4) is 0 Å². The Morgan fingerprint density at radius 3 is 2.76 bits per heavy atom. The van der Waals surface area contributed by atoms with Crippen LogP contribution in [0.4, 0.5) is 0 Å². The van der Waals surface area contributed by atoms with Gasteiger partial charge in [-0.05, 0) is 32.1 Å². The molecule has 1 saturated carbocycles. The molecule has 0 saturated heterocycles. The summed E-state index contributed by atoms with van der Waals surface area (Å²) in [5.74, 6) is 0.543. The maximum absolute atomic E-state index is 12.1. The summed E-state index contributed by atoms with van der Waals surface area (Å²) in [4.78, 5) is 12.1. The summed E-state index contributed by atoms with van der Waals surface area (Å²) in [6, 6.07) is 0. The van der Waals surface area contributed by atoms with Gasteiger partial charge in [0.1, 0.15) is 5.54 Å². The average molecular weight is 243 g/mol. The van der Waals surface area contributed by atoms with Crippen LogP contribution in [0.2, 0.25) is 0 Å². The van der Waals surface area contributed by atoms with Crippen LogP contribution in [0.5, 0.6) is 0 Å². The van der Waals surface area contributed by atoms with E-state index in [1.54, 1.807) is 7.11 Å². The number of rotatable bonds is 7. The molecule has 4 nitrogen and oxygen atoms in total. The third kappa shape index (κ3) is 3.68. The number of hydrogen-bond acceptors (Lipinski definition) is 4. The van der Waals surface area contributed by atoms with Crippen LogP contribution in [-0.4, -0.2) is 38.4 Å². The Morgan fingerprint density at radius 1 is 1.47 bits per heavy atom. The second-order valence-corrected chi connectivity index (χ2v) is 4.74. The van der Waals surface area contributed by atoms with Gasteiger partial charge in [-0.15, -0.1) is 0 Å². The van der Waals surface area contributed by atoms with Gasteiger partial charge in [-0.25, -0.2) is 0 Å². The van der Waals surface area contributed by atoms with Gasteiger partial charge in [0.2, 0.25) is 0 Å². The fourth-order valence-electron chi connectivity index (χ4n) is 2.58. The average Bonchev–Trinajstić information content (AvgIpc) is 2.75. The van der Waals surface area contributed by atoms with Crippen molar-refractivity contribution in [1.29, 1.82) is 0 Å². The number of hydrogen-bond donors (Lipinski definition) is 1. The SMILES string of the molecule is CCOC(=O)C1(NCCOC)CCC(CC)C1. The minimum absolute atomic E-state index is 0.0907. The lowest BCUT2D eigenvalue weighted by Gasteiger charge is -2.28. The second-order valence-electron chi connectivity index (χ2n) is 4.74. The largest absolute Gasteiger partial charge is 0.465 e. The summed E-state index contributed by atoms with van der Waals surface area (Å²) in [5, 5.41) is 3.35. The first-order valence-electron chi connectivity index (χ1n) is 6.59. The Bertz CT molecular complexity index is 245. The fraction of sp³-hybridized carbons (Fsp3) is 0.923. The molecule has 100 valence electrons. The number of esters is 1. The highest BCUT2D eigenvalue weighted by atomic mass is 16.5. The monoisotopic (exact) mass is 243 g/mol. The van der Waals surface area contributed by atoms with Crippen molar-refractivity contribution < 1.29 is 14.3 Å². The molecule has 0 aliphatic heterocycles. The molecule has 1 fully saturated rings. The van der Waals surface area contributed by atoms with Gasteiger partial charge in [0, 0.05) is 13.7 Å². The Labute approximate surface area is 104 Å². The van der Waals surface area contributed by atoms with Crippen molar-refractivity contribution in [2.45, 2.75) is 45.1 Å². The maximum atomic E-state index is 12.1. The van der Waals surface area contributed by atoms with Crippen LogP contribution < -0.4 is 5.32 Å². The molecule has 0 spiro atoms. The van der Waals surface area contributed by atoms with Crippen LogP contribution in [0.15, 0.2) is 0 Å². The van der Waals surface area contributed by atoms with Crippen LogP contribution in [-0.2, 0) is 14.3 Å². The highest BCUT2D eigenvalue weighted by molar-refractivity contribution is 5.81. The molecule has 0 radical (unpaired) electrons. The van der Waals surface area contributed by atoms with Gasteiger partial charge in [-0.2, -0.15) is 0 Å². The van der Waals surface area contributed by atoms with Crippen molar-refractivity contribution >= 4 is 5.97 Å². The molecule has 0 amide bonds. The van der Waals surface area contributed by atoms with Crippen molar-refractivity contribution in [3.63, 3.8) is 0 Å². The standard InChI is InChI=1S/C13H25NO3/c1-4-11-6-7-13(10-11,12(15)17-5-2)14-8-9-16-3/h11,14H,4-10H2,1-3H3. The third-order valence-electron chi connectivity index (χ3n) is 3.63. The number of carbonyl (C=O) groups excluding carboxylic acids is 1. The lowest BCUT2D eigenvalue weighted by Crippen LogP contribution is -2.52. The molecular weight excluding hydrogens is 218 g/mol. The maximum Gasteiger partial charge on any atom is 0.326 e. The lowest BCUT2D eigenvalue weighted by molar-refractivity contribution is -0.151. The minimum Gasteiger partial charge on any atom is -0.465 e. The molecule has 2 atom stereocenters. The van der Waals surface area contributed by atoms with Gasteiger partial charge < -0.3 is 9.47 Å². The van der Waals surface area contributed by atoms with Crippen LogP contribution in [0, 0.1) is 5.92 Å². The van der Waals surface area contributed by atoms with Crippen LogP contribution >= 0.6 is 0 Å². The molecule has 1 rings (SSSR count). The molecular formula is C13H25NO3. The molecule has 0 aromatic heterocycles. The molecule has 1 N–H and O–H groups in total. The van der Waals surface area contributed by atoms with Crippen molar-refractivity contribution in [3.05, 3.63) is 0 Å². The van der Waals surface area contributed by atoms with Gasteiger partial charge in [0.15, 0.2) is 0 Å². The molecule has 2 unspecified atom stereocenters. The van der Waals surface area contributed by atoms with Gasteiger partial charge in [0.25, 0.3) is 0 Å². The molecule has 0 bridgehead atoms. The first-order valence-corrected chi connectivity index (χ1v) is 6.59. The first-order chi connectivity index (χ1) is 8.18. The van der Waals surface area contributed by atoms with E-state index in [0.717, 1.165) is 25.7 Å². The Hall–Kier alpha value is -0.610. The van der Waals surface area contributed by atoms with E-state index in [1.807, 2.05) is 6.92 Å². The number of methoxy groups -OCH3 is 1. The number of nitrogens with one attached hydrogen (secondary N) is 1. The van der Waals surface area contributed by atoms with Gasteiger partial charge >= 0.3 is 5.97 Å². The van der Waals surface area contributed by atoms with Crippen LogP contribution in [0.1, 0.15) is 39.5 Å². The predicted octanol–water partition coefficient (Wildman–Crippen LogP) is 1.73. The summed E-state index contributed by atoms with van der Waals surface area (Å²) < 4.78 is 10.2. The van der Waals surface area contributed by atoms with E-state index in [0.29, 0.717) is 25.7 Å². The van der Waals surface area contributed by atoms with Crippen molar-refractivity contribution in [2.24, 2.45) is 5.92 Å². The van der Waals surface area contributed by atoms with E-state index in [1.165, 1.54) is 0 Å². The highest BCUT2D eigenvalue weighted by Crippen LogP contribution is 2.37. The zero-order valence-corrected chi connectivity index (χ0v) is 11.3. The molecule has 17 heavy (non-hydrogen) atoms. The number of carbonyl (C=O) groups is 1. The summed E-state index contributed by atoms with van der Waals surface area (Å²) in [6.45, 7) is 5.81. The summed E-state index contributed by atoms with van der Waals surface area (Å²) in [7, 11) is 1.67. The summed E-state index contributed by atoms with van der Waals surface area (Å²) in [5.41, 5.74) is -0.463. The van der Waals surface area contributed by atoms with Gasteiger partial charge in [-0.1, -0.05) is 13.3 Å². The quantitative estimate of drug-likeness (QED) is 0.546. The van der Waals surface area contributed by atoms with E-state index in [9.17, 15) is 4.79 Å². The second kappa shape index (κ2) is 6.97. The summed E-state index contributed by atoms with van der Waals surface area (Å²) in [6.07, 6.45) is 4.02. The third-order valence-corrected chi connectivity index (χ3v) is 3.63. The Morgan fingerprint density at radius 2 is 2.24 bits per heavy atom. The predicted molar refractivity (Wildman–Crippen MR) is 66.9 cm³/mol. The zero-order chi connectivity index (χ0) is 12.7. The topological polar surface area (TPSA) is 47.6 Å². The molecule has 1 aliphatic rings. The first kappa shape index (κ1) is 14.5. The Balaban J connectivity index is 2.61. The normalized spacial score (nSPS) is 28.3. The molecule has 0 aromatic rings. The van der Waals surface area contributed by atoms with E-state index in [2.05, 4.69) is 12.2 Å².